The van der Waals surface area contributed by atoms with Crippen molar-refractivity contribution < 1.29 is 13.5 Å². The van der Waals surface area contributed by atoms with Crippen molar-refractivity contribution in [2.24, 2.45) is 11.8 Å². The lowest BCUT2D eigenvalue weighted by Gasteiger charge is -2.30. The molecule has 0 aliphatic carbocycles. The van der Waals surface area contributed by atoms with Gasteiger partial charge in [-0.25, -0.2) is 8.42 Å². The van der Waals surface area contributed by atoms with Crippen molar-refractivity contribution in [3.8, 4) is 0 Å². The van der Waals surface area contributed by atoms with Crippen molar-refractivity contribution in [3.05, 3.63) is 29.8 Å². The highest BCUT2D eigenvalue weighted by Crippen LogP contribution is 2.24. The molecule has 2 rings (SSSR count). The standard InChI is InChI=1S/C16H25NO3S/c1-13(2)11-14-3-5-16(6-4-14)21(19,20)17-9-7-15(12-18)8-10-17/h3-6,13,15,18H,7-12H2,1-2H3. The molecule has 1 heterocycles. The first kappa shape index (κ1) is 16.5. The highest BCUT2D eigenvalue weighted by Gasteiger charge is 2.28. The lowest BCUT2D eigenvalue weighted by atomic mass is 10.00. The van der Waals surface area contributed by atoms with Crippen LogP contribution in [0.2, 0.25) is 0 Å². The number of aliphatic hydroxyl groups excluding tert-OH is 1. The van der Waals surface area contributed by atoms with Crippen LogP contribution in [0.3, 0.4) is 0 Å². The molecule has 0 atom stereocenters. The molecule has 1 N–H and O–H groups in total. The van der Waals surface area contributed by atoms with E-state index >= 15 is 0 Å². The van der Waals surface area contributed by atoms with Crippen LogP contribution < -0.4 is 0 Å². The van der Waals surface area contributed by atoms with Gasteiger partial charge in [-0.2, -0.15) is 4.31 Å². The second-order valence-corrected chi connectivity index (χ2v) is 8.21. The van der Waals surface area contributed by atoms with Crippen molar-refractivity contribution in [2.75, 3.05) is 19.7 Å². The molecule has 1 fully saturated rings. The number of benzene rings is 1. The molecule has 0 amide bonds. The number of nitrogens with zero attached hydrogens (tertiary/aromatic N) is 1. The maximum absolute atomic E-state index is 12.6. The third-order valence-electron chi connectivity index (χ3n) is 4.04. The summed E-state index contributed by atoms with van der Waals surface area (Å²) in [6.45, 7) is 5.45. The molecule has 1 aliphatic rings. The Labute approximate surface area is 127 Å². The number of sulfonamides is 1. The van der Waals surface area contributed by atoms with Gasteiger partial charge in [-0.3, -0.25) is 0 Å². The normalized spacial score (nSPS) is 18.3. The van der Waals surface area contributed by atoms with E-state index in [-0.39, 0.29) is 12.5 Å². The molecule has 0 aromatic heterocycles. The Hall–Kier alpha value is -0.910. The highest BCUT2D eigenvalue weighted by atomic mass is 32.2. The Morgan fingerprint density at radius 1 is 1.19 bits per heavy atom. The zero-order valence-corrected chi connectivity index (χ0v) is 13.6. The Morgan fingerprint density at radius 3 is 2.24 bits per heavy atom. The van der Waals surface area contributed by atoms with Crippen LogP contribution in [0.25, 0.3) is 0 Å². The summed E-state index contributed by atoms with van der Waals surface area (Å²) in [5.74, 6) is 0.801. The summed E-state index contributed by atoms with van der Waals surface area (Å²) in [4.78, 5) is 0.373. The third-order valence-corrected chi connectivity index (χ3v) is 5.95. The van der Waals surface area contributed by atoms with E-state index in [0.29, 0.717) is 23.9 Å². The molecule has 4 nitrogen and oxygen atoms in total. The lowest BCUT2D eigenvalue weighted by molar-refractivity contribution is 0.170. The lowest BCUT2D eigenvalue weighted by Crippen LogP contribution is -2.39. The van der Waals surface area contributed by atoms with Crippen LogP contribution >= 0.6 is 0 Å². The molecule has 5 heteroatoms. The molecule has 0 saturated carbocycles. The summed E-state index contributed by atoms with van der Waals surface area (Å²) >= 11 is 0. The zero-order chi connectivity index (χ0) is 15.5. The van der Waals surface area contributed by atoms with E-state index < -0.39 is 10.0 Å². The highest BCUT2D eigenvalue weighted by molar-refractivity contribution is 7.89. The fraction of sp³-hybridized carbons (Fsp3) is 0.625. The fourth-order valence-corrected chi connectivity index (χ4v) is 4.22. The van der Waals surface area contributed by atoms with E-state index in [0.717, 1.165) is 19.3 Å². The quantitative estimate of drug-likeness (QED) is 0.907. The Bertz CT molecular complexity index is 543. The molecule has 0 spiro atoms. The number of hydrogen-bond donors (Lipinski definition) is 1. The van der Waals surface area contributed by atoms with Gasteiger partial charge in [-0.1, -0.05) is 26.0 Å². The van der Waals surface area contributed by atoms with Gasteiger partial charge in [0.15, 0.2) is 0 Å². The maximum Gasteiger partial charge on any atom is 0.243 e. The van der Waals surface area contributed by atoms with Crippen molar-refractivity contribution in [3.63, 3.8) is 0 Å². The molecule has 0 unspecified atom stereocenters. The van der Waals surface area contributed by atoms with Gasteiger partial charge in [-0.15, -0.1) is 0 Å². The van der Waals surface area contributed by atoms with Crippen LogP contribution in [0.4, 0.5) is 0 Å². The first-order chi connectivity index (χ1) is 9.93. The number of piperidine rings is 1. The van der Waals surface area contributed by atoms with Crippen molar-refractivity contribution >= 4 is 10.0 Å². The van der Waals surface area contributed by atoms with Gasteiger partial charge in [0.1, 0.15) is 0 Å². The van der Waals surface area contributed by atoms with E-state index in [1.54, 1.807) is 12.1 Å². The Morgan fingerprint density at radius 2 is 1.76 bits per heavy atom. The van der Waals surface area contributed by atoms with E-state index in [1.807, 2.05) is 12.1 Å². The van der Waals surface area contributed by atoms with Gasteiger partial charge in [0.05, 0.1) is 4.90 Å². The first-order valence-corrected chi connectivity index (χ1v) is 9.07. The molecule has 1 aromatic rings. The van der Waals surface area contributed by atoms with Gasteiger partial charge in [0, 0.05) is 19.7 Å². The van der Waals surface area contributed by atoms with E-state index in [2.05, 4.69) is 13.8 Å². The van der Waals surface area contributed by atoms with Gasteiger partial charge in [0.25, 0.3) is 0 Å². The SMILES string of the molecule is CC(C)Cc1ccc(S(=O)(=O)N2CCC(CO)CC2)cc1. The molecule has 1 aromatic carbocycles. The largest absolute Gasteiger partial charge is 0.396 e. The molecule has 0 bridgehead atoms. The molecule has 1 aliphatic heterocycles. The van der Waals surface area contributed by atoms with Gasteiger partial charge < -0.3 is 5.11 Å². The molecule has 1 saturated heterocycles. The van der Waals surface area contributed by atoms with Crippen LogP contribution in [0.1, 0.15) is 32.3 Å². The van der Waals surface area contributed by atoms with Gasteiger partial charge >= 0.3 is 0 Å². The monoisotopic (exact) mass is 311 g/mol. The predicted molar refractivity (Wildman–Crippen MR) is 83.6 cm³/mol. The van der Waals surface area contributed by atoms with Gasteiger partial charge in [0.2, 0.25) is 10.0 Å². The fourth-order valence-electron chi connectivity index (χ4n) is 2.75. The van der Waals surface area contributed by atoms with Crippen LogP contribution in [-0.4, -0.2) is 37.5 Å². The molecule has 21 heavy (non-hydrogen) atoms. The molecule has 0 radical (unpaired) electrons. The second kappa shape index (κ2) is 6.90. The van der Waals surface area contributed by atoms with Crippen LogP contribution in [-0.2, 0) is 16.4 Å². The van der Waals surface area contributed by atoms with Crippen molar-refractivity contribution in [2.45, 2.75) is 38.0 Å². The average Bonchev–Trinajstić information content (AvgIpc) is 2.47. The van der Waals surface area contributed by atoms with E-state index in [1.165, 1.54) is 9.87 Å². The average molecular weight is 311 g/mol. The minimum absolute atomic E-state index is 0.151. The van der Waals surface area contributed by atoms with Gasteiger partial charge in [-0.05, 0) is 48.8 Å². The smallest absolute Gasteiger partial charge is 0.243 e. The summed E-state index contributed by atoms with van der Waals surface area (Å²) in [6, 6.07) is 7.25. The van der Waals surface area contributed by atoms with Crippen LogP contribution in [0.15, 0.2) is 29.2 Å². The summed E-state index contributed by atoms with van der Waals surface area (Å²) in [5.41, 5.74) is 1.17. The minimum atomic E-state index is -3.39. The molecular weight excluding hydrogens is 286 g/mol. The molecular formula is C16H25NO3S. The van der Waals surface area contributed by atoms with Crippen molar-refractivity contribution in [1.29, 1.82) is 0 Å². The summed E-state index contributed by atoms with van der Waals surface area (Å²) < 4.78 is 26.7. The Balaban J connectivity index is 2.09. The summed E-state index contributed by atoms with van der Waals surface area (Å²) in [6.07, 6.45) is 2.44. The maximum atomic E-state index is 12.6. The van der Waals surface area contributed by atoms with Crippen molar-refractivity contribution in [1.82, 2.24) is 4.31 Å². The van der Waals surface area contributed by atoms with E-state index in [4.69, 9.17) is 5.11 Å². The summed E-state index contributed by atoms with van der Waals surface area (Å²) in [7, 11) is -3.39. The van der Waals surface area contributed by atoms with E-state index in [9.17, 15) is 8.42 Å². The number of hydrogen-bond acceptors (Lipinski definition) is 3. The first-order valence-electron chi connectivity index (χ1n) is 7.63. The topological polar surface area (TPSA) is 57.6 Å². The Kier molecular flexibility index (Phi) is 5.41. The predicted octanol–water partition coefficient (Wildman–Crippen LogP) is 2.28. The summed E-state index contributed by atoms with van der Waals surface area (Å²) in [5, 5.41) is 9.13. The molecule has 118 valence electrons. The third kappa shape index (κ3) is 4.05. The van der Waals surface area contributed by atoms with Crippen LogP contribution in [0.5, 0.6) is 0 Å². The number of aliphatic hydroxyl groups is 1. The second-order valence-electron chi connectivity index (χ2n) is 6.27. The minimum Gasteiger partial charge on any atom is -0.396 e. The van der Waals surface area contributed by atoms with Crippen LogP contribution in [0, 0.1) is 11.8 Å². The number of rotatable bonds is 5. The zero-order valence-electron chi connectivity index (χ0n) is 12.8.